The first-order valence-corrected chi connectivity index (χ1v) is 7.39. The standard InChI is InChI=1S/C13H15Br2N3/c1-9(2)8-17-13-16-5-6-18(13)12-4-3-10(14)7-11(12)15/h3-7,9H,8H2,1-2H3,(H,16,17). The first-order valence-electron chi connectivity index (χ1n) is 5.80. The third-order valence-electron chi connectivity index (χ3n) is 2.48. The number of aromatic nitrogens is 2. The second-order valence-electron chi connectivity index (χ2n) is 4.49. The number of halogens is 2. The summed E-state index contributed by atoms with van der Waals surface area (Å²) in [6.45, 7) is 5.26. The lowest BCUT2D eigenvalue weighted by atomic mass is 10.2. The number of rotatable bonds is 4. The molecule has 5 heteroatoms. The molecule has 0 spiro atoms. The molecule has 2 aromatic rings. The van der Waals surface area contributed by atoms with Crippen molar-refractivity contribution >= 4 is 37.8 Å². The molecule has 0 aliphatic heterocycles. The average Bonchev–Trinajstić information content (AvgIpc) is 2.74. The highest BCUT2D eigenvalue weighted by Crippen LogP contribution is 2.27. The fourth-order valence-electron chi connectivity index (χ4n) is 1.60. The molecule has 0 saturated heterocycles. The van der Waals surface area contributed by atoms with Crippen molar-refractivity contribution in [3.05, 3.63) is 39.5 Å². The van der Waals surface area contributed by atoms with Crippen molar-refractivity contribution in [3.8, 4) is 5.69 Å². The quantitative estimate of drug-likeness (QED) is 0.858. The topological polar surface area (TPSA) is 29.9 Å². The van der Waals surface area contributed by atoms with Crippen molar-refractivity contribution < 1.29 is 0 Å². The number of nitrogens with zero attached hydrogens (tertiary/aromatic N) is 2. The van der Waals surface area contributed by atoms with Crippen LogP contribution in [-0.2, 0) is 0 Å². The van der Waals surface area contributed by atoms with Crippen LogP contribution in [0.3, 0.4) is 0 Å². The van der Waals surface area contributed by atoms with E-state index in [1.165, 1.54) is 0 Å². The monoisotopic (exact) mass is 371 g/mol. The van der Waals surface area contributed by atoms with Gasteiger partial charge in [0.2, 0.25) is 5.95 Å². The van der Waals surface area contributed by atoms with Gasteiger partial charge in [-0.05, 0) is 40.0 Å². The summed E-state index contributed by atoms with van der Waals surface area (Å²) >= 11 is 7.03. The van der Waals surface area contributed by atoms with Crippen LogP contribution in [0.5, 0.6) is 0 Å². The fraction of sp³-hybridized carbons (Fsp3) is 0.308. The number of anilines is 1. The van der Waals surface area contributed by atoms with Crippen molar-refractivity contribution in [2.45, 2.75) is 13.8 Å². The third-order valence-corrected chi connectivity index (χ3v) is 3.61. The molecule has 1 aromatic carbocycles. The predicted molar refractivity (Wildman–Crippen MR) is 82.3 cm³/mol. The lowest BCUT2D eigenvalue weighted by molar-refractivity contribution is 0.683. The molecular weight excluding hydrogens is 358 g/mol. The maximum absolute atomic E-state index is 4.35. The molecule has 2 rings (SSSR count). The Labute approximate surface area is 124 Å². The van der Waals surface area contributed by atoms with E-state index < -0.39 is 0 Å². The van der Waals surface area contributed by atoms with E-state index in [-0.39, 0.29) is 0 Å². The minimum absolute atomic E-state index is 0.587. The van der Waals surface area contributed by atoms with Gasteiger partial charge in [0, 0.05) is 27.9 Å². The molecule has 0 bridgehead atoms. The molecule has 0 unspecified atom stereocenters. The molecule has 96 valence electrons. The first kappa shape index (κ1) is 13.6. The molecule has 0 aliphatic rings. The van der Waals surface area contributed by atoms with Gasteiger partial charge in [-0.3, -0.25) is 4.57 Å². The largest absolute Gasteiger partial charge is 0.355 e. The number of imidazole rings is 1. The Morgan fingerprint density at radius 3 is 2.78 bits per heavy atom. The van der Waals surface area contributed by atoms with Crippen LogP contribution in [0.1, 0.15) is 13.8 Å². The smallest absolute Gasteiger partial charge is 0.207 e. The minimum Gasteiger partial charge on any atom is -0.355 e. The van der Waals surface area contributed by atoms with Gasteiger partial charge in [-0.25, -0.2) is 4.98 Å². The third kappa shape index (κ3) is 3.14. The molecule has 0 aliphatic carbocycles. The summed E-state index contributed by atoms with van der Waals surface area (Å²) in [6, 6.07) is 6.10. The first-order chi connectivity index (χ1) is 8.58. The van der Waals surface area contributed by atoms with Crippen LogP contribution >= 0.6 is 31.9 Å². The molecule has 1 aromatic heterocycles. The lowest BCUT2D eigenvalue weighted by Gasteiger charge is -2.12. The summed E-state index contributed by atoms with van der Waals surface area (Å²) in [6.07, 6.45) is 3.76. The average molecular weight is 373 g/mol. The Morgan fingerprint density at radius 1 is 1.33 bits per heavy atom. The molecular formula is C13H15Br2N3. The molecule has 0 atom stereocenters. The van der Waals surface area contributed by atoms with Crippen LogP contribution in [0, 0.1) is 5.92 Å². The van der Waals surface area contributed by atoms with Gasteiger partial charge in [-0.2, -0.15) is 0 Å². The molecule has 0 saturated carbocycles. The maximum atomic E-state index is 4.35. The van der Waals surface area contributed by atoms with E-state index in [2.05, 4.69) is 62.1 Å². The van der Waals surface area contributed by atoms with Crippen LogP contribution in [0.25, 0.3) is 5.69 Å². The van der Waals surface area contributed by atoms with Gasteiger partial charge in [0.05, 0.1) is 5.69 Å². The number of hydrogen-bond acceptors (Lipinski definition) is 2. The second-order valence-corrected chi connectivity index (χ2v) is 6.26. The summed E-state index contributed by atoms with van der Waals surface area (Å²) in [5.74, 6) is 1.45. The number of nitrogens with one attached hydrogen (secondary N) is 1. The Bertz CT molecular complexity index is 535. The highest BCUT2D eigenvalue weighted by atomic mass is 79.9. The number of hydrogen-bond donors (Lipinski definition) is 1. The summed E-state index contributed by atoms with van der Waals surface area (Å²) in [5, 5.41) is 3.35. The maximum Gasteiger partial charge on any atom is 0.207 e. The minimum atomic E-state index is 0.587. The van der Waals surface area contributed by atoms with Gasteiger partial charge in [0.25, 0.3) is 0 Å². The van der Waals surface area contributed by atoms with Gasteiger partial charge < -0.3 is 5.32 Å². The zero-order valence-electron chi connectivity index (χ0n) is 10.3. The van der Waals surface area contributed by atoms with Crippen LogP contribution in [0.4, 0.5) is 5.95 Å². The Kier molecular flexibility index (Phi) is 4.45. The van der Waals surface area contributed by atoms with Gasteiger partial charge in [-0.15, -0.1) is 0 Å². The Hall–Kier alpha value is -0.810. The van der Waals surface area contributed by atoms with E-state index in [1.807, 2.05) is 22.9 Å². The van der Waals surface area contributed by atoms with Crippen LogP contribution in [0.15, 0.2) is 39.5 Å². The van der Waals surface area contributed by atoms with Crippen LogP contribution in [0.2, 0.25) is 0 Å². The molecule has 3 nitrogen and oxygen atoms in total. The molecule has 1 heterocycles. The van der Waals surface area contributed by atoms with Gasteiger partial charge in [0.15, 0.2) is 0 Å². The van der Waals surface area contributed by atoms with E-state index in [4.69, 9.17) is 0 Å². The SMILES string of the molecule is CC(C)CNc1nccn1-c1ccc(Br)cc1Br. The van der Waals surface area contributed by atoms with E-state index in [0.717, 1.165) is 27.1 Å². The van der Waals surface area contributed by atoms with E-state index >= 15 is 0 Å². The summed E-state index contributed by atoms with van der Waals surface area (Å²) < 4.78 is 4.12. The van der Waals surface area contributed by atoms with Crippen LogP contribution < -0.4 is 5.32 Å². The molecule has 0 radical (unpaired) electrons. The van der Waals surface area contributed by atoms with E-state index in [1.54, 1.807) is 6.20 Å². The molecule has 1 N–H and O–H groups in total. The Balaban J connectivity index is 2.30. The summed E-state index contributed by atoms with van der Waals surface area (Å²) in [5.41, 5.74) is 1.07. The van der Waals surface area contributed by atoms with Crippen molar-refractivity contribution in [2.24, 2.45) is 5.92 Å². The molecule has 0 amide bonds. The zero-order chi connectivity index (χ0) is 13.1. The van der Waals surface area contributed by atoms with Crippen molar-refractivity contribution in [1.29, 1.82) is 0 Å². The summed E-state index contributed by atoms with van der Waals surface area (Å²) in [4.78, 5) is 4.35. The van der Waals surface area contributed by atoms with Gasteiger partial charge in [0.1, 0.15) is 0 Å². The van der Waals surface area contributed by atoms with Crippen molar-refractivity contribution in [1.82, 2.24) is 9.55 Å². The summed E-state index contributed by atoms with van der Waals surface area (Å²) in [7, 11) is 0. The van der Waals surface area contributed by atoms with Crippen molar-refractivity contribution in [2.75, 3.05) is 11.9 Å². The molecule has 0 fully saturated rings. The van der Waals surface area contributed by atoms with Crippen LogP contribution in [-0.4, -0.2) is 16.1 Å². The van der Waals surface area contributed by atoms with Gasteiger partial charge in [-0.1, -0.05) is 29.8 Å². The second kappa shape index (κ2) is 5.89. The predicted octanol–water partition coefficient (Wildman–Crippen LogP) is 4.47. The normalized spacial score (nSPS) is 10.9. The Morgan fingerprint density at radius 2 is 2.11 bits per heavy atom. The highest BCUT2D eigenvalue weighted by molar-refractivity contribution is 9.11. The van der Waals surface area contributed by atoms with E-state index in [9.17, 15) is 0 Å². The van der Waals surface area contributed by atoms with E-state index in [0.29, 0.717) is 5.92 Å². The zero-order valence-corrected chi connectivity index (χ0v) is 13.5. The number of benzene rings is 1. The molecule has 18 heavy (non-hydrogen) atoms. The fourth-order valence-corrected chi connectivity index (χ4v) is 2.84. The lowest BCUT2D eigenvalue weighted by Crippen LogP contribution is -2.12. The van der Waals surface area contributed by atoms with Gasteiger partial charge >= 0.3 is 0 Å². The van der Waals surface area contributed by atoms with Crippen molar-refractivity contribution in [3.63, 3.8) is 0 Å². The highest BCUT2D eigenvalue weighted by Gasteiger charge is 2.08.